The van der Waals surface area contributed by atoms with E-state index >= 15 is 0 Å². The van der Waals surface area contributed by atoms with Gasteiger partial charge in [-0.2, -0.15) is 0 Å². The van der Waals surface area contributed by atoms with Gasteiger partial charge in [0.25, 0.3) is 5.56 Å². The summed E-state index contributed by atoms with van der Waals surface area (Å²) in [6, 6.07) is 8.94. The number of H-pyrrole nitrogens is 1. The number of aromatic amines is 1. The molecule has 5 nitrogen and oxygen atoms in total. The van der Waals surface area contributed by atoms with Gasteiger partial charge in [-0.1, -0.05) is 19.1 Å². The second kappa shape index (κ2) is 7.62. The monoisotopic (exact) mass is 352 g/mol. The molecule has 3 heterocycles. The minimum absolute atomic E-state index is 0.0486. The molecule has 0 atom stereocenters. The number of rotatable bonds is 5. The van der Waals surface area contributed by atoms with E-state index < -0.39 is 0 Å². The Morgan fingerprint density at radius 3 is 2.62 bits per heavy atom. The van der Waals surface area contributed by atoms with Gasteiger partial charge in [-0.05, 0) is 37.0 Å². The Labute approximate surface area is 155 Å². The molecule has 4 rings (SSSR count). The molecule has 1 N–H and O–H groups in total. The van der Waals surface area contributed by atoms with Crippen molar-refractivity contribution in [3.63, 3.8) is 0 Å². The van der Waals surface area contributed by atoms with Crippen molar-refractivity contribution in [2.24, 2.45) is 0 Å². The first-order chi connectivity index (χ1) is 12.7. The molecule has 0 aliphatic carbocycles. The number of hydrogen-bond acceptors (Lipinski definition) is 4. The molecule has 0 bridgehead atoms. The summed E-state index contributed by atoms with van der Waals surface area (Å²) < 4.78 is 0. The molecule has 0 unspecified atom stereocenters. The molecule has 0 spiro atoms. The third kappa shape index (κ3) is 3.68. The topological polar surface area (TPSA) is 52.2 Å². The van der Waals surface area contributed by atoms with Crippen LogP contribution in [-0.4, -0.2) is 34.5 Å². The number of nitrogens with one attached hydrogen (secondary N) is 1. The summed E-state index contributed by atoms with van der Waals surface area (Å²) in [6.07, 6.45) is 5.31. The average molecular weight is 352 g/mol. The highest BCUT2D eigenvalue weighted by atomic mass is 16.1. The zero-order valence-electron chi connectivity index (χ0n) is 15.6. The molecule has 138 valence electrons. The van der Waals surface area contributed by atoms with Crippen LogP contribution in [-0.2, 0) is 25.9 Å². The minimum Gasteiger partial charge on any atom is -0.372 e. The maximum absolute atomic E-state index is 12.4. The van der Waals surface area contributed by atoms with Gasteiger partial charge in [-0.3, -0.25) is 9.69 Å². The fourth-order valence-corrected chi connectivity index (χ4v) is 4.07. The fourth-order valence-electron chi connectivity index (χ4n) is 4.07. The molecule has 5 heteroatoms. The van der Waals surface area contributed by atoms with Gasteiger partial charge in [0, 0.05) is 51.3 Å². The highest BCUT2D eigenvalue weighted by molar-refractivity contribution is 5.48. The number of hydrogen-bond donors (Lipinski definition) is 1. The Morgan fingerprint density at radius 1 is 1.12 bits per heavy atom. The highest BCUT2D eigenvalue weighted by Gasteiger charge is 2.21. The molecule has 0 radical (unpaired) electrons. The van der Waals surface area contributed by atoms with Crippen LogP contribution in [0.5, 0.6) is 0 Å². The second-order valence-corrected chi connectivity index (χ2v) is 7.51. The summed E-state index contributed by atoms with van der Waals surface area (Å²) in [5.74, 6) is 0.835. The summed E-state index contributed by atoms with van der Waals surface area (Å²) in [7, 11) is 0. The van der Waals surface area contributed by atoms with Crippen LogP contribution < -0.4 is 10.5 Å². The quantitative estimate of drug-likeness (QED) is 0.899. The SMILES string of the molecule is CCCc1nc2c(c(=O)[nH]1)CN(Cc1ccc(N3CCCC3)cc1)CC2. The largest absolute Gasteiger partial charge is 0.372 e. The molecule has 0 amide bonds. The number of nitrogens with zero attached hydrogens (tertiary/aromatic N) is 3. The van der Waals surface area contributed by atoms with Crippen molar-refractivity contribution in [1.29, 1.82) is 0 Å². The second-order valence-electron chi connectivity index (χ2n) is 7.51. The number of aryl methyl sites for hydroxylation is 1. The van der Waals surface area contributed by atoms with Gasteiger partial charge >= 0.3 is 0 Å². The predicted octanol–water partition coefficient (Wildman–Crippen LogP) is 2.88. The molecule has 26 heavy (non-hydrogen) atoms. The van der Waals surface area contributed by atoms with Gasteiger partial charge in [0.2, 0.25) is 0 Å². The summed E-state index contributed by atoms with van der Waals surface area (Å²) in [5.41, 5.74) is 4.54. The summed E-state index contributed by atoms with van der Waals surface area (Å²) in [5, 5.41) is 0. The smallest absolute Gasteiger partial charge is 0.255 e. The lowest BCUT2D eigenvalue weighted by atomic mass is 10.1. The molecular formula is C21H28N4O. The Kier molecular flexibility index (Phi) is 5.07. The molecular weight excluding hydrogens is 324 g/mol. The van der Waals surface area contributed by atoms with Crippen LogP contribution in [0.3, 0.4) is 0 Å². The zero-order chi connectivity index (χ0) is 17.9. The van der Waals surface area contributed by atoms with Crippen molar-refractivity contribution >= 4 is 5.69 Å². The van der Waals surface area contributed by atoms with E-state index in [9.17, 15) is 4.79 Å². The maximum atomic E-state index is 12.4. The van der Waals surface area contributed by atoms with Crippen molar-refractivity contribution in [2.75, 3.05) is 24.5 Å². The van der Waals surface area contributed by atoms with Crippen LogP contribution in [0.2, 0.25) is 0 Å². The normalized spacial score (nSPS) is 17.5. The van der Waals surface area contributed by atoms with Gasteiger partial charge in [0.15, 0.2) is 0 Å². The fraction of sp³-hybridized carbons (Fsp3) is 0.524. The first-order valence-corrected chi connectivity index (χ1v) is 9.90. The van der Waals surface area contributed by atoms with E-state index in [0.29, 0.717) is 6.54 Å². The van der Waals surface area contributed by atoms with Crippen molar-refractivity contribution in [1.82, 2.24) is 14.9 Å². The molecule has 1 aromatic heterocycles. The van der Waals surface area contributed by atoms with Crippen LogP contribution in [0.1, 0.15) is 48.8 Å². The minimum atomic E-state index is 0.0486. The van der Waals surface area contributed by atoms with Crippen LogP contribution >= 0.6 is 0 Å². The van der Waals surface area contributed by atoms with Crippen LogP contribution in [0.15, 0.2) is 29.1 Å². The van der Waals surface area contributed by atoms with Crippen LogP contribution in [0, 0.1) is 0 Å². The number of aromatic nitrogens is 2. The van der Waals surface area contributed by atoms with Crippen LogP contribution in [0.4, 0.5) is 5.69 Å². The van der Waals surface area contributed by atoms with Crippen molar-refractivity contribution in [2.45, 2.75) is 52.1 Å². The van der Waals surface area contributed by atoms with Gasteiger partial charge in [0.1, 0.15) is 5.82 Å². The van der Waals surface area contributed by atoms with Gasteiger partial charge < -0.3 is 9.88 Å². The molecule has 2 aromatic rings. The van der Waals surface area contributed by atoms with E-state index in [-0.39, 0.29) is 5.56 Å². The van der Waals surface area contributed by atoms with E-state index in [4.69, 9.17) is 0 Å². The molecule has 2 aliphatic heterocycles. The molecule has 1 saturated heterocycles. The van der Waals surface area contributed by atoms with Gasteiger partial charge in [0.05, 0.1) is 11.3 Å². The molecule has 1 aromatic carbocycles. The van der Waals surface area contributed by atoms with Crippen molar-refractivity contribution in [3.8, 4) is 0 Å². The lowest BCUT2D eigenvalue weighted by molar-refractivity contribution is 0.241. The van der Waals surface area contributed by atoms with E-state index in [1.165, 1.54) is 37.2 Å². The molecule has 2 aliphatic rings. The molecule has 1 fully saturated rings. The Hall–Kier alpha value is -2.14. The van der Waals surface area contributed by atoms with Gasteiger partial charge in [-0.15, -0.1) is 0 Å². The van der Waals surface area contributed by atoms with E-state index in [1.54, 1.807) is 0 Å². The number of fused-ring (bicyclic) bond motifs is 1. The lowest BCUT2D eigenvalue weighted by Gasteiger charge is -2.28. The highest BCUT2D eigenvalue weighted by Crippen LogP contribution is 2.22. The van der Waals surface area contributed by atoms with Crippen molar-refractivity contribution in [3.05, 3.63) is 57.3 Å². The number of benzene rings is 1. The van der Waals surface area contributed by atoms with Crippen LogP contribution in [0.25, 0.3) is 0 Å². The van der Waals surface area contributed by atoms with E-state index in [2.05, 4.69) is 51.0 Å². The third-order valence-electron chi connectivity index (χ3n) is 5.50. The van der Waals surface area contributed by atoms with Crippen molar-refractivity contribution < 1.29 is 0 Å². The predicted molar refractivity (Wildman–Crippen MR) is 105 cm³/mol. The van der Waals surface area contributed by atoms with E-state index in [0.717, 1.165) is 49.4 Å². The summed E-state index contributed by atoms with van der Waals surface area (Å²) in [6.45, 7) is 7.00. The first kappa shape index (κ1) is 17.3. The number of anilines is 1. The Bertz CT molecular complexity index is 806. The first-order valence-electron chi connectivity index (χ1n) is 9.90. The Balaban J connectivity index is 1.43. The van der Waals surface area contributed by atoms with E-state index in [1.807, 2.05) is 0 Å². The average Bonchev–Trinajstić information content (AvgIpc) is 3.18. The van der Waals surface area contributed by atoms with Gasteiger partial charge in [-0.25, -0.2) is 4.98 Å². The molecule has 0 saturated carbocycles. The lowest BCUT2D eigenvalue weighted by Crippen LogP contribution is -2.35. The summed E-state index contributed by atoms with van der Waals surface area (Å²) >= 11 is 0. The third-order valence-corrected chi connectivity index (χ3v) is 5.50. The Morgan fingerprint density at radius 2 is 1.88 bits per heavy atom. The summed E-state index contributed by atoms with van der Waals surface area (Å²) in [4.78, 5) is 24.9. The standard InChI is InChI=1S/C21H28N4O/c1-2-5-20-22-19-10-13-24(15-18(19)21(26)23-20)14-16-6-8-17(9-7-16)25-11-3-4-12-25/h6-9H,2-5,10-15H2,1H3,(H,22,23,26). The zero-order valence-corrected chi connectivity index (χ0v) is 15.6. The maximum Gasteiger partial charge on any atom is 0.255 e.